The molecule has 0 aliphatic heterocycles. The molecule has 4 aliphatic carbocycles. The van der Waals surface area contributed by atoms with Crippen LogP contribution in [0, 0.1) is 52.3 Å². The van der Waals surface area contributed by atoms with Crippen LogP contribution in [0.3, 0.4) is 0 Å². The minimum atomic E-state index is -0.128. The molecule has 0 aromatic rings. The van der Waals surface area contributed by atoms with Crippen molar-refractivity contribution in [2.75, 3.05) is 6.61 Å². The standard InChI is InChI=1S/C30H50O2/c1-20(2)8-7-9-21(3)26-12-13-27-25-11-10-24-18-23(19-32-22(4)31)14-16-29(24,5)28(25)15-17-30(26,27)6/h10,20-21,23,25-28H,7-9,11-19H2,1-6H3/t21-,23?,25-,26+,27?,28?,29-,30+/m0/s1. The molecule has 2 nitrogen and oxygen atoms in total. The van der Waals surface area contributed by atoms with E-state index < -0.39 is 0 Å². The van der Waals surface area contributed by atoms with Crippen molar-refractivity contribution in [1.29, 1.82) is 0 Å². The number of ether oxygens (including phenoxy) is 1. The highest BCUT2D eigenvalue weighted by Crippen LogP contribution is 2.67. The van der Waals surface area contributed by atoms with Crippen molar-refractivity contribution < 1.29 is 9.53 Å². The number of carbonyl (C=O) groups excluding carboxylic acids is 1. The van der Waals surface area contributed by atoms with E-state index in [1.807, 2.05) is 0 Å². The first-order valence-corrected chi connectivity index (χ1v) is 14.0. The van der Waals surface area contributed by atoms with E-state index >= 15 is 0 Å². The molecule has 182 valence electrons. The van der Waals surface area contributed by atoms with Crippen molar-refractivity contribution in [1.82, 2.24) is 0 Å². The Balaban J connectivity index is 1.44. The molecule has 3 saturated carbocycles. The van der Waals surface area contributed by atoms with Gasteiger partial charge in [-0.3, -0.25) is 4.79 Å². The fourth-order valence-corrected chi connectivity index (χ4v) is 9.14. The highest BCUT2D eigenvalue weighted by atomic mass is 16.5. The quantitative estimate of drug-likeness (QED) is 0.293. The second-order valence-electron chi connectivity index (χ2n) is 13.2. The average Bonchev–Trinajstić information content (AvgIpc) is 3.09. The zero-order chi connectivity index (χ0) is 23.1. The number of hydrogen-bond acceptors (Lipinski definition) is 2. The first-order valence-electron chi connectivity index (χ1n) is 14.0. The Kier molecular flexibility index (Phi) is 7.19. The third-order valence-corrected chi connectivity index (χ3v) is 10.9. The van der Waals surface area contributed by atoms with Crippen molar-refractivity contribution in [3.63, 3.8) is 0 Å². The normalized spacial score (nSPS) is 42.0. The number of fused-ring (bicyclic) bond motifs is 5. The number of allylic oxidation sites excluding steroid dienone is 2. The summed E-state index contributed by atoms with van der Waals surface area (Å²) in [5.74, 6) is 5.80. The van der Waals surface area contributed by atoms with E-state index in [2.05, 4.69) is 40.7 Å². The van der Waals surface area contributed by atoms with Crippen LogP contribution in [0.15, 0.2) is 11.6 Å². The lowest BCUT2D eigenvalue weighted by Gasteiger charge is -2.58. The Hall–Kier alpha value is -0.790. The first kappa shape index (κ1) is 24.3. The van der Waals surface area contributed by atoms with Gasteiger partial charge >= 0.3 is 5.97 Å². The van der Waals surface area contributed by atoms with Crippen LogP contribution >= 0.6 is 0 Å². The molecule has 0 heterocycles. The molecule has 0 bridgehead atoms. The summed E-state index contributed by atoms with van der Waals surface area (Å²) in [6.07, 6.45) is 17.7. The van der Waals surface area contributed by atoms with Crippen LogP contribution in [0.5, 0.6) is 0 Å². The monoisotopic (exact) mass is 442 g/mol. The van der Waals surface area contributed by atoms with Crippen LogP contribution in [-0.2, 0) is 9.53 Å². The molecule has 0 aromatic carbocycles. The van der Waals surface area contributed by atoms with Gasteiger partial charge in [0.25, 0.3) is 0 Å². The second kappa shape index (κ2) is 9.46. The number of rotatable bonds is 7. The zero-order valence-electron chi connectivity index (χ0n) is 21.9. The molecule has 2 heteroatoms. The molecule has 0 radical (unpaired) electrons. The molecular formula is C30H50O2. The summed E-state index contributed by atoms with van der Waals surface area (Å²) >= 11 is 0. The maximum absolute atomic E-state index is 11.3. The summed E-state index contributed by atoms with van der Waals surface area (Å²) in [6.45, 7) is 14.8. The molecule has 8 atom stereocenters. The Morgan fingerprint density at radius 3 is 2.56 bits per heavy atom. The number of esters is 1. The Bertz CT molecular complexity index is 708. The SMILES string of the molecule is CC(=O)OCC1CC[C@@]2(C)C(=CC[C@@H]3C2CC[C@@]2(C)C3CC[C@@H]2[C@@H](C)CCCC(C)C)C1. The van der Waals surface area contributed by atoms with Crippen LogP contribution in [-0.4, -0.2) is 12.6 Å². The van der Waals surface area contributed by atoms with Gasteiger partial charge in [-0.15, -0.1) is 0 Å². The number of hydrogen-bond donors (Lipinski definition) is 0. The molecule has 0 saturated heterocycles. The number of carbonyl (C=O) groups is 1. The van der Waals surface area contributed by atoms with Gasteiger partial charge in [0, 0.05) is 6.92 Å². The van der Waals surface area contributed by atoms with Crippen molar-refractivity contribution in [2.24, 2.45) is 52.3 Å². The largest absolute Gasteiger partial charge is 0.466 e. The van der Waals surface area contributed by atoms with E-state index in [-0.39, 0.29) is 5.97 Å². The van der Waals surface area contributed by atoms with Gasteiger partial charge in [0.2, 0.25) is 0 Å². The minimum Gasteiger partial charge on any atom is -0.466 e. The lowest BCUT2D eigenvalue weighted by molar-refractivity contribution is -0.142. The van der Waals surface area contributed by atoms with Gasteiger partial charge in [-0.1, -0.05) is 65.5 Å². The predicted octanol–water partition coefficient (Wildman–Crippen LogP) is 8.21. The molecule has 0 aromatic heterocycles. The Morgan fingerprint density at radius 2 is 1.84 bits per heavy atom. The lowest BCUT2D eigenvalue weighted by atomic mass is 9.46. The summed E-state index contributed by atoms with van der Waals surface area (Å²) in [5, 5.41) is 0. The summed E-state index contributed by atoms with van der Waals surface area (Å²) < 4.78 is 5.38. The molecule has 0 amide bonds. The van der Waals surface area contributed by atoms with Crippen LogP contribution in [0.4, 0.5) is 0 Å². The highest BCUT2D eigenvalue weighted by molar-refractivity contribution is 5.65. The van der Waals surface area contributed by atoms with E-state index in [9.17, 15) is 4.79 Å². The smallest absolute Gasteiger partial charge is 0.302 e. The van der Waals surface area contributed by atoms with Crippen LogP contribution in [0.1, 0.15) is 112 Å². The van der Waals surface area contributed by atoms with Gasteiger partial charge in [-0.25, -0.2) is 0 Å². The first-order chi connectivity index (χ1) is 15.1. The topological polar surface area (TPSA) is 26.3 Å². The predicted molar refractivity (Wildman–Crippen MR) is 133 cm³/mol. The lowest BCUT2D eigenvalue weighted by Crippen LogP contribution is -2.50. The summed E-state index contributed by atoms with van der Waals surface area (Å²) in [7, 11) is 0. The van der Waals surface area contributed by atoms with Gasteiger partial charge in [0.1, 0.15) is 0 Å². The van der Waals surface area contributed by atoms with Gasteiger partial charge in [0.05, 0.1) is 6.61 Å². The molecular weight excluding hydrogens is 392 g/mol. The summed E-state index contributed by atoms with van der Waals surface area (Å²) in [4.78, 5) is 11.3. The van der Waals surface area contributed by atoms with E-state index in [0.717, 1.165) is 41.9 Å². The summed E-state index contributed by atoms with van der Waals surface area (Å²) in [5.41, 5.74) is 2.69. The maximum Gasteiger partial charge on any atom is 0.302 e. The van der Waals surface area contributed by atoms with E-state index in [4.69, 9.17) is 4.74 Å². The van der Waals surface area contributed by atoms with Crippen molar-refractivity contribution in [3.05, 3.63) is 11.6 Å². The minimum absolute atomic E-state index is 0.128. The third-order valence-electron chi connectivity index (χ3n) is 10.9. The molecule has 0 spiro atoms. The van der Waals surface area contributed by atoms with Crippen molar-refractivity contribution in [3.8, 4) is 0 Å². The fraction of sp³-hybridized carbons (Fsp3) is 0.900. The molecule has 3 unspecified atom stereocenters. The van der Waals surface area contributed by atoms with E-state index in [1.54, 1.807) is 5.57 Å². The van der Waals surface area contributed by atoms with Crippen molar-refractivity contribution >= 4 is 5.97 Å². The van der Waals surface area contributed by atoms with E-state index in [0.29, 0.717) is 23.4 Å². The van der Waals surface area contributed by atoms with Crippen LogP contribution in [0.2, 0.25) is 0 Å². The average molecular weight is 443 g/mol. The van der Waals surface area contributed by atoms with Crippen LogP contribution in [0.25, 0.3) is 0 Å². The van der Waals surface area contributed by atoms with Crippen molar-refractivity contribution in [2.45, 2.75) is 112 Å². The van der Waals surface area contributed by atoms with Gasteiger partial charge < -0.3 is 4.74 Å². The Labute approximate surface area is 198 Å². The zero-order valence-corrected chi connectivity index (χ0v) is 21.9. The molecule has 3 fully saturated rings. The molecule has 32 heavy (non-hydrogen) atoms. The van der Waals surface area contributed by atoms with Gasteiger partial charge in [0.15, 0.2) is 0 Å². The summed E-state index contributed by atoms with van der Waals surface area (Å²) in [6, 6.07) is 0. The van der Waals surface area contributed by atoms with E-state index in [1.165, 1.54) is 71.1 Å². The van der Waals surface area contributed by atoms with Gasteiger partial charge in [-0.05, 0) is 104 Å². The van der Waals surface area contributed by atoms with Crippen LogP contribution < -0.4 is 0 Å². The second-order valence-corrected chi connectivity index (χ2v) is 13.2. The molecule has 0 N–H and O–H groups in total. The van der Waals surface area contributed by atoms with Gasteiger partial charge in [-0.2, -0.15) is 0 Å². The molecule has 4 aliphatic rings. The molecule has 4 rings (SSSR count). The fourth-order valence-electron chi connectivity index (χ4n) is 9.14. The maximum atomic E-state index is 11.3. The Morgan fingerprint density at radius 1 is 1.06 bits per heavy atom. The highest BCUT2D eigenvalue weighted by Gasteiger charge is 2.59. The third kappa shape index (κ3) is 4.46.